The van der Waals surface area contributed by atoms with Crippen molar-refractivity contribution in [2.24, 2.45) is 11.8 Å². The number of nitrogens with two attached hydrogens (primary N) is 1. The van der Waals surface area contributed by atoms with Gasteiger partial charge in [0.15, 0.2) is 0 Å². The minimum Gasteiger partial charge on any atom is -0.399 e. The first-order valence-electron chi connectivity index (χ1n) is 7.77. The highest BCUT2D eigenvalue weighted by Crippen LogP contribution is 2.31. The molecule has 116 valence electrons. The second-order valence-corrected chi connectivity index (χ2v) is 6.28. The Hall–Kier alpha value is -1.55. The van der Waals surface area contributed by atoms with Crippen molar-refractivity contribution in [3.63, 3.8) is 0 Å². The highest BCUT2D eigenvalue weighted by Gasteiger charge is 2.27. The van der Waals surface area contributed by atoms with Gasteiger partial charge in [-0.15, -0.1) is 0 Å². The zero-order valence-electron chi connectivity index (χ0n) is 13.1. The zero-order chi connectivity index (χ0) is 15.4. The molecule has 0 aromatic heterocycles. The highest BCUT2D eigenvalue weighted by atomic mass is 16.5. The first kappa shape index (κ1) is 15.8. The average Bonchev–Trinajstić information content (AvgIpc) is 2.43. The largest absolute Gasteiger partial charge is 0.399 e. The summed E-state index contributed by atoms with van der Waals surface area (Å²) in [4.78, 5) is 12.2. The number of nitrogens with one attached hydrogen (secondary N) is 1. The molecule has 4 nitrogen and oxygen atoms in total. The van der Waals surface area contributed by atoms with Crippen molar-refractivity contribution in [2.75, 3.05) is 11.1 Å². The lowest BCUT2D eigenvalue weighted by Gasteiger charge is -2.33. The first-order valence-corrected chi connectivity index (χ1v) is 7.77. The molecule has 1 fully saturated rings. The molecule has 0 heterocycles. The van der Waals surface area contributed by atoms with Gasteiger partial charge in [0.25, 0.3) is 5.91 Å². The average molecular weight is 290 g/mol. The topological polar surface area (TPSA) is 64.3 Å². The molecule has 0 aliphatic heterocycles. The summed E-state index contributed by atoms with van der Waals surface area (Å²) < 4.78 is 5.93. The van der Waals surface area contributed by atoms with E-state index in [0.717, 1.165) is 18.8 Å². The molecule has 0 spiro atoms. The highest BCUT2D eigenvalue weighted by molar-refractivity contribution is 5.94. The standard InChI is InChI=1S/C17H26N2O2/c1-11-7-8-16(9-12(11)2)21-13(3)17(20)19-15-6-4-5-14(18)10-15/h4-6,10-13,16H,7-9,18H2,1-3H3,(H,19,20). The maximum atomic E-state index is 12.2. The third kappa shape index (κ3) is 4.46. The minimum atomic E-state index is -0.447. The normalized spacial score (nSPS) is 27.1. The van der Waals surface area contributed by atoms with Crippen molar-refractivity contribution in [3.05, 3.63) is 24.3 Å². The van der Waals surface area contributed by atoms with E-state index in [0.29, 0.717) is 17.3 Å². The lowest BCUT2D eigenvalue weighted by molar-refractivity contribution is -0.132. The van der Waals surface area contributed by atoms with Gasteiger partial charge < -0.3 is 15.8 Å². The lowest BCUT2D eigenvalue weighted by atomic mass is 9.80. The van der Waals surface area contributed by atoms with Crippen molar-refractivity contribution >= 4 is 17.3 Å². The summed E-state index contributed by atoms with van der Waals surface area (Å²) in [7, 11) is 0. The number of hydrogen-bond donors (Lipinski definition) is 2. The Balaban J connectivity index is 1.85. The lowest BCUT2D eigenvalue weighted by Crippen LogP contribution is -2.35. The summed E-state index contributed by atoms with van der Waals surface area (Å²) in [5, 5.41) is 2.85. The zero-order valence-corrected chi connectivity index (χ0v) is 13.1. The summed E-state index contributed by atoms with van der Waals surface area (Å²) in [6.07, 6.45) is 3.00. The van der Waals surface area contributed by atoms with Crippen molar-refractivity contribution in [1.82, 2.24) is 0 Å². The molecule has 4 atom stereocenters. The molecule has 1 aromatic rings. The van der Waals surface area contributed by atoms with Gasteiger partial charge in [-0.3, -0.25) is 4.79 Å². The number of nitrogen functional groups attached to an aromatic ring is 1. The number of anilines is 2. The predicted octanol–water partition coefficient (Wildman–Crippen LogP) is 3.44. The van der Waals surface area contributed by atoms with Crippen molar-refractivity contribution < 1.29 is 9.53 Å². The fourth-order valence-electron chi connectivity index (χ4n) is 2.83. The summed E-state index contributed by atoms with van der Waals surface area (Å²) in [6, 6.07) is 7.18. The second kappa shape index (κ2) is 6.94. The maximum absolute atomic E-state index is 12.2. The van der Waals surface area contributed by atoms with E-state index in [-0.39, 0.29) is 12.0 Å². The molecule has 1 aromatic carbocycles. The van der Waals surface area contributed by atoms with Crippen LogP contribution in [0.3, 0.4) is 0 Å². The summed E-state index contributed by atoms with van der Waals surface area (Å²) in [5.41, 5.74) is 7.05. The van der Waals surface area contributed by atoms with E-state index in [9.17, 15) is 4.79 Å². The van der Waals surface area contributed by atoms with Crippen LogP contribution in [0.5, 0.6) is 0 Å². The van der Waals surface area contributed by atoms with E-state index in [1.165, 1.54) is 6.42 Å². The molecule has 1 saturated carbocycles. The van der Waals surface area contributed by atoms with Crippen molar-refractivity contribution in [1.29, 1.82) is 0 Å². The Morgan fingerprint density at radius 2 is 2.10 bits per heavy atom. The molecule has 0 radical (unpaired) electrons. The number of carbonyl (C=O) groups excluding carboxylic acids is 1. The van der Waals surface area contributed by atoms with Gasteiger partial charge in [0.05, 0.1) is 6.10 Å². The van der Waals surface area contributed by atoms with Crippen LogP contribution in [0.25, 0.3) is 0 Å². The number of hydrogen-bond acceptors (Lipinski definition) is 3. The number of amides is 1. The molecule has 3 N–H and O–H groups in total. The van der Waals surface area contributed by atoms with E-state index in [1.54, 1.807) is 12.1 Å². The fourth-order valence-corrected chi connectivity index (χ4v) is 2.83. The molecule has 0 saturated heterocycles. The molecule has 4 heteroatoms. The van der Waals surface area contributed by atoms with E-state index in [4.69, 9.17) is 10.5 Å². The Morgan fingerprint density at radius 1 is 1.33 bits per heavy atom. The molecule has 1 aliphatic rings. The number of rotatable bonds is 4. The van der Waals surface area contributed by atoms with Gasteiger partial charge in [-0.05, 0) is 56.2 Å². The second-order valence-electron chi connectivity index (χ2n) is 6.28. The van der Waals surface area contributed by atoms with Gasteiger partial charge >= 0.3 is 0 Å². The number of ether oxygens (including phenoxy) is 1. The van der Waals surface area contributed by atoms with Crippen LogP contribution in [0.1, 0.15) is 40.0 Å². The van der Waals surface area contributed by atoms with Gasteiger partial charge in [0, 0.05) is 11.4 Å². The van der Waals surface area contributed by atoms with Crippen LogP contribution in [0.4, 0.5) is 11.4 Å². The molecule has 21 heavy (non-hydrogen) atoms. The number of carbonyl (C=O) groups is 1. The van der Waals surface area contributed by atoms with Gasteiger partial charge in [-0.2, -0.15) is 0 Å². The SMILES string of the molecule is CC(OC1CCC(C)C(C)C1)C(=O)Nc1cccc(N)c1. The Morgan fingerprint density at radius 3 is 2.76 bits per heavy atom. The quantitative estimate of drug-likeness (QED) is 0.835. The molecule has 1 aliphatic carbocycles. The molecule has 1 amide bonds. The molecule has 0 bridgehead atoms. The van der Waals surface area contributed by atoms with Crippen LogP contribution in [-0.4, -0.2) is 18.1 Å². The molecular formula is C17H26N2O2. The predicted molar refractivity (Wildman–Crippen MR) is 86.0 cm³/mol. The third-order valence-corrected chi connectivity index (χ3v) is 4.47. The Kier molecular flexibility index (Phi) is 5.23. The molecule has 4 unspecified atom stereocenters. The van der Waals surface area contributed by atoms with Crippen LogP contribution in [0, 0.1) is 11.8 Å². The van der Waals surface area contributed by atoms with Gasteiger partial charge in [0.1, 0.15) is 6.10 Å². The summed E-state index contributed by atoms with van der Waals surface area (Å²) in [5.74, 6) is 1.29. The van der Waals surface area contributed by atoms with Crippen LogP contribution in [0.15, 0.2) is 24.3 Å². The van der Waals surface area contributed by atoms with Gasteiger partial charge in [-0.1, -0.05) is 19.9 Å². The van der Waals surface area contributed by atoms with E-state index in [2.05, 4.69) is 19.2 Å². The van der Waals surface area contributed by atoms with Gasteiger partial charge in [0.2, 0.25) is 0 Å². The van der Waals surface area contributed by atoms with Crippen LogP contribution < -0.4 is 11.1 Å². The fraction of sp³-hybridized carbons (Fsp3) is 0.588. The maximum Gasteiger partial charge on any atom is 0.253 e. The Labute approximate surface area is 127 Å². The van der Waals surface area contributed by atoms with Crippen LogP contribution >= 0.6 is 0 Å². The van der Waals surface area contributed by atoms with Gasteiger partial charge in [-0.25, -0.2) is 0 Å². The van der Waals surface area contributed by atoms with Crippen molar-refractivity contribution in [2.45, 2.75) is 52.2 Å². The smallest absolute Gasteiger partial charge is 0.253 e. The van der Waals surface area contributed by atoms with Crippen molar-refractivity contribution in [3.8, 4) is 0 Å². The third-order valence-electron chi connectivity index (χ3n) is 4.47. The summed E-state index contributed by atoms with van der Waals surface area (Å²) in [6.45, 7) is 6.36. The van der Waals surface area contributed by atoms with Crippen LogP contribution in [-0.2, 0) is 9.53 Å². The van der Waals surface area contributed by atoms with E-state index in [1.807, 2.05) is 19.1 Å². The first-order chi connectivity index (χ1) is 9.95. The van der Waals surface area contributed by atoms with E-state index < -0.39 is 6.10 Å². The summed E-state index contributed by atoms with van der Waals surface area (Å²) >= 11 is 0. The molecular weight excluding hydrogens is 264 g/mol. The monoisotopic (exact) mass is 290 g/mol. The Bertz CT molecular complexity index is 489. The molecule has 2 rings (SSSR count). The van der Waals surface area contributed by atoms with Crippen LogP contribution in [0.2, 0.25) is 0 Å². The number of benzene rings is 1. The van der Waals surface area contributed by atoms with E-state index >= 15 is 0 Å². The minimum absolute atomic E-state index is 0.119.